The second kappa shape index (κ2) is 9.20. The highest BCUT2D eigenvalue weighted by Crippen LogP contribution is 2.13. The van der Waals surface area contributed by atoms with Crippen LogP contribution in [0.1, 0.15) is 19.1 Å². The van der Waals surface area contributed by atoms with Crippen LogP contribution in [0.2, 0.25) is 0 Å². The highest BCUT2D eigenvalue weighted by molar-refractivity contribution is 7.98. The Morgan fingerprint density at radius 3 is 2.77 bits per heavy atom. The lowest BCUT2D eigenvalue weighted by Crippen LogP contribution is -2.39. The van der Waals surface area contributed by atoms with Gasteiger partial charge in [-0.15, -0.1) is 0 Å². The lowest BCUT2D eigenvalue weighted by Gasteiger charge is -2.17. The van der Waals surface area contributed by atoms with Crippen molar-refractivity contribution in [3.8, 4) is 5.75 Å². The van der Waals surface area contributed by atoms with Crippen LogP contribution in [0.25, 0.3) is 0 Å². The molecule has 0 radical (unpaired) electrons. The molecule has 0 bridgehead atoms. The maximum absolute atomic E-state index is 12.1. The molecule has 0 saturated carbocycles. The Kier molecular flexibility index (Phi) is 6.90. The summed E-state index contributed by atoms with van der Waals surface area (Å²) in [5.41, 5.74) is 0. The summed E-state index contributed by atoms with van der Waals surface area (Å²) in [6.45, 7) is 2.57. The van der Waals surface area contributed by atoms with E-state index >= 15 is 0 Å². The minimum atomic E-state index is -0.447. The number of hydrogen-bond donors (Lipinski definition) is 1. The molecule has 1 atom stereocenters. The molecule has 118 valence electrons. The van der Waals surface area contributed by atoms with Gasteiger partial charge < -0.3 is 14.5 Å². The van der Waals surface area contributed by atoms with Crippen LogP contribution >= 0.6 is 11.8 Å². The first-order chi connectivity index (χ1) is 10.8. The lowest BCUT2D eigenvalue weighted by molar-refractivity contribution is -0.127. The van der Waals surface area contributed by atoms with E-state index in [2.05, 4.69) is 5.32 Å². The molecule has 0 spiro atoms. The Morgan fingerprint density at radius 2 is 2.09 bits per heavy atom. The smallest absolute Gasteiger partial charge is 0.261 e. The molecule has 0 aliphatic heterocycles. The molecular formula is C17H21NO3S. The largest absolute Gasteiger partial charge is 0.481 e. The molecule has 5 heteroatoms. The van der Waals surface area contributed by atoms with Gasteiger partial charge in [0.05, 0.1) is 12.0 Å². The third kappa shape index (κ3) is 5.48. The number of furan rings is 1. The summed E-state index contributed by atoms with van der Waals surface area (Å²) in [5, 5.41) is 2.92. The Morgan fingerprint density at radius 1 is 1.27 bits per heavy atom. The van der Waals surface area contributed by atoms with Gasteiger partial charge in [-0.3, -0.25) is 4.79 Å². The minimum Gasteiger partial charge on any atom is -0.481 e. The fourth-order valence-corrected chi connectivity index (χ4v) is 2.67. The van der Waals surface area contributed by atoms with Crippen LogP contribution in [0.3, 0.4) is 0 Å². The van der Waals surface area contributed by atoms with Crippen LogP contribution in [0, 0.1) is 0 Å². The molecule has 22 heavy (non-hydrogen) atoms. The zero-order chi connectivity index (χ0) is 15.6. The number of benzene rings is 1. The van der Waals surface area contributed by atoms with Crippen molar-refractivity contribution in [1.82, 2.24) is 5.32 Å². The topological polar surface area (TPSA) is 51.5 Å². The average molecular weight is 319 g/mol. The van der Waals surface area contributed by atoms with Gasteiger partial charge in [0.15, 0.2) is 6.10 Å². The molecule has 1 N–H and O–H groups in total. The van der Waals surface area contributed by atoms with Crippen LogP contribution in [-0.4, -0.2) is 24.3 Å². The fourth-order valence-electron chi connectivity index (χ4n) is 1.91. The van der Waals surface area contributed by atoms with Crippen LogP contribution in [-0.2, 0) is 10.5 Å². The monoisotopic (exact) mass is 319 g/mol. The molecule has 1 heterocycles. The Labute approximate surface area is 135 Å². The third-order valence-electron chi connectivity index (χ3n) is 3.05. The van der Waals surface area contributed by atoms with Crippen LogP contribution in [0.5, 0.6) is 5.75 Å². The van der Waals surface area contributed by atoms with Gasteiger partial charge in [0.2, 0.25) is 0 Å². The summed E-state index contributed by atoms with van der Waals surface area (Å²) in [4.78, 5) is 12.1. The molecule has 0 saturated heterocycles. The summed E-state index contributed by atoms with van der Waals surface area (Å²) >= 11 is 1.73. The number of thioether (sulfide) groups is 1. The predicted molar refractivity (Wildman–Crippen MR) is 89.0 cm³/mol. The zero-order valence-electron chi connectivity index (χ0n) is 12.7. The van der Waals surface area contributed by atoms with Crippen molar-refractivity contribution in [3.05, 3.63) is 54.5 Å². The van der Waals surface area contributed by atoms with Gasteiger partial charge in [0.1, 0.15) is 11.5 Å². The van der Waals surface area contributed by atoms with E-state index in [1.54, 1.807) is 18.0 Å². The Hall–Kier alpha value is -1.88. The number of carbonyl (C=O) groups excluding carboxylic acids is 1. The number of para-hydroxylation sites is 1. The molecule has 0 aliphatic carbocycles. The molecule has 1 aromatic carbocycles. The van der Waals surface area contributed by atoms with Crippen molar-refractivity contribution in [2.24, 2.45) is 0 Å². The summed E-state index contributed by atoms with van der Waals surface area (Å²) in [6.07, 6.45) is 1.86. The number of nitrogens with one attached hydrogen (secondary N) is 1. The van der Waals surface area contributed by atoms with E-state index in [1.165, 1.54) is 0 Å². The molecular weight excluding hydrogens is 298 g/mol. The molecule has 0 fully saturated rings. The fraction of sp³-hybridized carbons (Fsp3) is 0.353. The SMILES string of the molecule is CC[C@H](Oc1ccccc1)C(=O)NCCSCc1ccco1. The quantitative estimate of drug-likeness (QED) is 0.719. The second-order valence-corrected chi connectivity index (χ2v) is 5.86. The van der Waals surface area contributed by atoms with E-state index in [4.69, 9.17) is 9.15 Å². The maximum atomic E-state index is 12.1. The normalized spacial score (nSPS) is 11.9. The van der Waals surface area contributed by atoms with Gasteiger partial charge in [0, 0.05) is 12.3 Å². The highest BCUT2D eigenvalue weighted by atomic mass is 32.2. The van der Waals surface area contributed by atoms with Gasteiger partial charge >= 0.3 is 0 Å². The molecule has 2 aromatic rings. The minimum absolute atomic E-state index is 0.0649. The van der Waals surface area contributed by atoms with Gasteiger partial charge in [-0.2, -0.15) is 11.8 Å². The molecule has 1 aromatic heterocycles. The van der Waals surface area contributed by atoms with E-state index in [0.717, 1.165) is 23.0 Å². The predicted octanol–water partition coefficient (Wildman–Crippen LogP) is 3.49. The summed E-state index contributed by atoms with van der Waals surface area (Å²) < 4.78 is 11.0. The Balaban J connectivity index is 1.66. The number of carbonyl (C=O) groups is 1. The standard InChI is InChI=1S/C17H21NO3S/c1-2-16(21-14-7-4-3-5-8-14)17(19)18-10-12-22-13-15-9-6-11-20-15/h3-9,11,16H,2,10,12-13H2,1H3,(H,18,19)/t16-/m0/s1. The summed E-state index contributed by atoms with van der Waals surface area (Å²) in [7, 11) is 0. The third-order valence-corrected chi connectivity index (χ3v) is 4.04. The van der Waals surface area contributed by atoms with Gasteiger partial charge in [-0.1, -0.05) is 25.1 Å². The number of ether oxygens (including phenoxy) is 1. The van der Waals surface area contributed by atoms with Gasteiger partial charge in [-0.05, 0) is 30.7 Å². The van der Waals surface area contributed by atoms with Crippen molar-refractivity contribution >= 4 is 17.7 Å². The Bertz CT molecular complexity index is 542. The summed E-state index contributed by atoms with van der Waals surface area (Å²) in [5.74, 6) is 3.27. The number of amides is 1. The van der Waals surface area contributed by atoms with Crippen LogP contribution in [0.4, 0.5) is 0 Å². The lowest BCUT2D eigenvalue weighted by atomic mass is 10.2. The van der Waals surface area contributed by atoms with E-state index < -0.39 is 6.10 Å². The molecule has 0 unspecified atom stereocenters. The van der Waals surface area contributed by atoms with Crippen molar-refractivity contribution < 1.29 is 13.9 Å². The molecule has 0 aliphatic rings. The van der Waals surface area contributed by atoms with Crippen molar-refractivity contribution in [2.75, 3.05) is 12.3 Å². The van der Waals surface area contributed by atoms with E-state index in [1.807, 2.05) is 49.4 Å². The van der Waals surface area contributed by atoms with Crippen LogP contribution < -0.4 is 10.1 Å². The van der Waals surface area contributed by atoms with Crippen molar-refractivity contribution in [1.29, 1.82) is 0 Å². The van der Waals surface area contributed by atoms with E-state index in [0.29, 0.717) is 13.0 Å². The summed E-state index contributed by atoms with van der Waals surface area (Å²) in [6, 6.07) is 13.3. The van der Waals surface area contributed by atoms with E-state index in [9.17, 15) is 4.79 Å². The molecule has 1 amide bonds. The first-order valence-electron chi connectivity index (χ1n) is 7.39. The van der Waals surface area contributed by atoms with Crippen molar-refractivity contribution in [2.45, 2.75) is 25.2 Å². The van der Waals surface area contributed by atoms with E-state index in [-0.39, 0.29) is 5.91 Å². The zero-order valence-corrected chi connectivity index (χ0v) is 13.5. The average Bonchev–Trinajstić information content (AvgIpc) is 3.06. The van der Waals surface area contributed by atoms with Gasteiger partial charge in [0.25, 0.3) is 5.91 Å². The van der Waals surface area contributed by atoms with Crippen molar-refractivity contribution in [3.63, 3.8) is 0 Å². The van der Waals surface area contributed by atoms with Crippen LogP contribution in [0.15, 0.2) is 53.1 Å². The molecule has 4 nitrogen and oxygen atoms in total. The molecule has 2 rings (SSSR count). The maximum Gasteiger partial charge on any atom is 0.261 e. The number of hydrogen-bond acceptors (Lipinski definition) is 4. The highest BCUT2D eigenvalue weighted by Gasteiger charge is 2.17. The van der Waals surface area contributed by atoms with Gasteiger partial charge in [-0.25, -0.2) is 0 Å². The second-order valence-electron chi connectivity index (χ2n) is 4.75. The first kappa shape index (κ1) is 16.5. The number of rotatable bonds is 9. The first-order valence-corrected chi connectivity index (χ1v) is 8.54.